The van der Waals surface area contributed by atoms with Crippen molar-refractivity contribution in [1.82, 2.24) is 25.9 Å². The summed E-state index contributed by atoms with van der Waals surface area (Å²) in [6.07, 6.45) is 0. The molecule has 7 nitrogen and oxygen atoms in total. The third-order valence-electron chi connectivity index (χ3n) is 2.47. The van der Waals surface area contributed by atoms with Crippen molar-refractivity contribution in [1.29, 1.82) is 0 Å². The second-order valence-electron chi connectivity index (χ2n) is 4.04. The van der Waals surface area contributed by atoms with Gasteiger partial charge in [-0.25, -0.2) is 0 Å². The third kappa shape index (κ3) is 4.14. The Kier molecular flexibility index (Phi) is 4.57. The number of nitrogens with one attached hydrogen (secondary N) is 2. The third-order valence-corrected chi connectivity index (χ3v) is 2.47. The molecule has 0 fully saturated rings. The topological polar surface area (TPSA) is 92.8 Å². The molecule has 1 aromatic heterocycles. The summed E-state index contributed by atoms with van der Waals surface area (Å²) in [4.78, 5) is 11.6. The summed E-state index contributed by atoms with van der Waals surface area (Å²) in [6, 6.07) is 9.38. The summed E-state index contributed by atoms with van der Waals surface area (Å²) in [5.41, 5.74) is 1.03. The summed E-state index contributed by atoms with van der Waals surface area (Å²) in [5.74, 6) is 0.227. The molecular formula is C12H15N5O2. The molecule has 0 saturated heterocycles. The number of amides is 1. The molecule has 0 radical (unpaired) electrons. The van der Waals surface area contributed by atoms with E-state index >= 15 is 0 Å². The zero-order valence-electron chi connectivity index (χ0n) is 10.5. The van der Waals surface area contributed by atoms with Gasteiger partial charge in [-0.2, -0.15) is 5.21 Å². The van der Waals surface area contributed by atoms with Gasteiger partial charge in [-0.3, -0.25) is 4.79 Å². The number of aromatic nitrogens is 4. The van der Waals surface area contributed by atoms with Crippen molar-refractivity contribution in [2.75, 3.05) is 6.61 Å². The monoisotopic (exact) mass is 261 g/mol. The molecule has 19 heavy (non-hydrogen) atoms. The highest BCUT2D eigenvalue weighted by atomic mass is 16.5. The number of aromatic amines is 1. The Bertz CT molecular complexity index is 500. The van der Waals surface area contributed by atoms with E-state index in [0.717, 1.165) is 5.56 Å². The van der Waals surface area contributed by atoms with Crippen molar-refractivity contribution < 1.29 is 9.53 Å². The maximum absolute atomic E-state index is 11.6. The lowest BCUT2D eigenvalue weighted by Crippen LogP contribution is -2.30. The molecule has 1 atom stereocenters. The molecule has 0 aliphatic carbocycles. The van der Waals surface area contributed by atoms with E-state index in [9.17, 15) is 4.79 Å². The van der Waals surface area contributed by atoms with Crippen molar-refractivity contribution in [2.24, 2.45) is 0 Å². The number of hydrogen-bond donors (Lipinski definition) is 2. The zero-order chi connectivity index (χ0) is 13.5. The predicted octanol–water partition coefficient (Wildman–Crippen LogP) is 0.594. The Morgan fingerprint density at radius 2 is 2.21 bits per heavy atom. The Morgan fingerprint density at radius 1 is 1.42 bits per heavy atom. The number of rotatable bonds is 6. The molecule has 2 rings (SSSR count). The van der Waals surface area contributed by atoms with Crippen LogP contribution in [0.5, 0.6) is 0 Å². The van der Waals surface area contributed by atoms with Crippen molar-refractivity contribution in [3.05, 3.63) is 41.7 Å². The molecule has 0 saturated carbocycles. The second-order valence-corrected chi connectivity index (χ2v) is 4.04. The highest BCUT2D eigenvalue weighted by molar-refractivity contribution is 5.77. The molecule has 1 aromatic carbocycles. The van der Waals surface area contributed by atoms with Crippen LogP contribution in [0.4, 0.5) is 0 Å². The van der Waals surface area contributed by atoms with Crippen LogP contribution in [0.3, 0.4) is 0 Å². The first kappa shape index (κ1) is 13.2. The minimum absolute atomic E-state index is 0.00289. The first-order chi connectivity index (χ1) is 9.25. The van der Waals surface area contributed by atoms with Gasteiger partial charge in [0.05, 0.1) is 12.6 Å². The van der Waals surface area contributed by atoms with Gasteiger partial charge in [0.15, 0.2) is 5.82 Å². The molecular weight excluding hydrogens is 246 g/mol. The van der Waals surface area contributed by atoms with Crippen molar-refractivity contribution in [3.63, 3.8) is 0 Å². The van der Waals surface area contributed by atoms with Crippen LogP contribution < -0.4 is 5.32 Å². The van der Waals surface area contributed by atoms with Crippen LogP contribution in [0.15, 0.2) is 30.3 Å². The van der Waals surface area contributed by atoms with E-state index in [4.69, 9.17) is 4.74 Å². The van der Waals surface area contributed by atoms with Crippen LogP contribution in [-0.2, 0) is 16.1 Å². The average Bonchev–Trinajstić information content (AvgIpc) is 2.94. The standard InChI is InChI=1S/C12H15N5O2/c1-9(12-14-16-17-15-12)13-11(18)8-19-7-10-5-3-2-4-6-10/h2-6,9H,7-8H2,1H3,(H,13,18)(H,14,15,16,17). The van der Waals surface area contributed by atoms with E-state index in [1.165, 1.54) is 0 Å². The maximum Gasteiger partial charge on any atom is 0.246 e. The summed E-state index contributed by atoms with van der Waals surface area (Å²) >= 11 is 0. The van der Waals surface area contributed by atoms with Gasteiger partial charge in [0.1, 0.15) is 6.61 Å². The van der Waals surface area contributed by atoms with E-state index in [1.54, 1.807) is 6.92 Å². The first-order valence-corrected chi connectivity index (χ1v) is 5.90. The lowest BCUT2D eigenvalue weighted by Gasteiger charge is -2.10. The smallest absolute Gasteiger partial charge is 0.246 e. The van der Waals surface area contributed by atoms with E-state index in [2.05, 4.69) is 25.9 Å². The van der Waals surface area contributed by atoms with Crippen LogP contribution in [0.25, 0.3) is 0 Å². The van der Waals surface area contributed by atoms with E-state index in [-0.39, 0.29) is 18.6 Å². The summed E-state index contributed by atoms with van der Waals surface area (Å²) in [6.45, 7) is 2.18. The van der Waals surface area contributed by atoms with Crippen LogP contribution in [0.1, 0.15) is 24.4 Å². The first-order valence-electron chi connectivity index (χ1n) is 5.90. The largest absolute Gasteiger partial charge is 0.367 e. The SMILES string of the molecule is CC(NC(=O)COCc1ccccc1)c1nn[nH]n1. The normalized spacial score (nSPS) is 12.1. The zero-order valence-corrected chi connectivity index (χ0v) is 10.5. The number of tetrazole rings is 1. The molecule has 1 amide bonds. The Labute approximate surface area is 110 Å². The van der Waals surface area contributed by atoms with Gasteiger partial charge in [-0.05, 0) is 12.5 Å². The van der Waals surface area contributed by atoms with Crippen molar-refractivity contribution >= 4 is 5.91 Å². The fourth-order valence-corrected chi connectivity index (χ4v) is 1.54. The lowest BCUT2D eigenvalue weighted by molar-refractivity contribution is -0.126. The molecule has 1 heterocycles. The van der Waals surface area contributed by atoms with Crippen LogP contribution in [-0.4, -0.2) is 33.1 Å². The van der Waals surface area contributed by atoms with Crippen molar-refractivity contribution in [3.8, 4) is 0 Å². The van der Waals surface area contributed by atoms with Gasteiger partial charge in [-0.1, -0.05) is 35.5 Å². The molecule has 2 aromatic rings. The number of nitrogens with zero attached hydrogens (tertiary/aromatic N) is 3. The molecule has 2 N–H and O–H groups in total. The Morgan fingerprint density at radius 3 is 2.89 bits per heavy atom. The molecule has 100 valence electrons. The Hall–Kier alpha value is -2.28. The van der Waals surface area contributed by atoms with Crippen LogP contribution in [0.2, 0.25) is 0 Å². The second kappa shape index (κ2) is 6.60. The summed E-state index contributed by atoms with van der Waals surface area (Å²) < 4.78 is 5.32. The van der Waals surface area contributed by atoms with Gasteiger partial charge in [-0.15, -0.1) is 10.2 Å². The Balaban J connectivity index is 1.70. The van der Waals surface area contributed by atoms with Gasteiger partial charge in [0.25, 0.3) is 0 Å². The number of carbonyl (C=O) groups excluding carboxylic acids is 1. The molecule has 0 aliphatic rings. The van der Waals surface area contributed by atoms with Gasteiger partial charge in [0, 0.05) is 0 Å². The molecule has 0 aliphatic heterocycles. The van der Waals surface area contributed by atoms with Gasteiger partial charge in [0.2, 0.25) is 5.91 Å². The highest BCUT2D eigenvalue weighted by Gasteiger charge is 2.13. The fraction of sp³-hybridized carbons (Fsp3) is 0.333. The number of carbonyl (C=O) groups is 1. The van der Waals surface area contributed by atoms with Crippen LogP contribution in [0, 0.1) is 0 Å². The lowest BCUT2D eigenvalue weighted by atomic mass is 10.2. The van der Waals surface area contributed by atoms with Gasteiger partial charge >= 0.3 is 0 Å². The number of hydrogen-bond acceptors (Lipinski definition) is 5. The van der Waals surface area contributed by atoms with Gasteiger partial charge < -0.3 is 10.1 Å². The molecule has 7 heteroatoms. The average molecular weight is 261 g/mol. The quantitative estimate of drug-likeness (QED) is 0.794. The number of benzene rings is 1. The highest BCUT2D eigenvalue weighted by Crippen LogP contribution is 2.03. The molecule has 0 spiro atoms. The number of ether oxygens (including phenoxy) is 1. The minimum atomic E-state index is -0.299. The number of H-pyrrole nitrogens is 1. The van der Waals surface area contributed by atoms with E-state index < -0.39 is 0 Å². The van der Waals surface area contributed by atoms with Crippen molar-refractivity contribution in [2.45, 2.75) is 19.6 Å². The van der Waals surface area contributed by atoms with E-state index in [0.29, 0.717) is 12.4 Å². The fourth-order valence-electron chi connectivity index (χ4n) is 1.54. The van der Waals surface area contributed by atoms with E-state index in [1.807, 2.05) is 30.3 Å². The maximum atomic E-state index is 11.6. The molecule has 1 unspecified atom stereocenters. The molecule has 0 bridgehead atoms. The van der Waals surface area contributed by atoms with Crippen LogP contribution >= 0.6 is 0 Å². The summed E-state index contributed by atoms with van der Waals surface area (Å²) in [7, 11) is 0. The summed E-state index contributed by atoms with van der Waals surface area (Å²) in [5, 5.41) is 16.1. The predicted molar refractivity (Wildman–Crippen MR) is 66.8 cm³/mol. The minimum Gasteiger partial charge on any atom is -0.367 e.